The number of hydrogen-bond donors (Lipinski definition) is 2. The monoisotopic (exact) mass is 786 g/mol. The molecule has 17 heteroatoms. The van der Waals surface area contributed by atoms with Gasteiger partial charge in [0.15, 0.2) is 0 Å². The van der Waals surface area contributed by atoms with E-state index in [0.29, 0.717) is 76.0 Å². The van der Waals surface area contributed by atoms with Gasteiger partial charge >= 0.3 is 18.1 Å². The zero-order valence-electron chi connectivity index (χ0n) is 24.3. The van der Waals surface area contributed by atoms with Gasteiger partial charge in [0.2, 0.25) is 0 Å². The standard InChI is InChI=1S/C28H34F3N9O4.Tm/c29-28(30,31)20-12-22-16-37-6-10-38(18-26(41)42)8-4-36(5-9-39(11-7-37)19-27(43)44)15-21-2-1-3-24(34-21)25-14-32-35-40(25)17-23(13-20)33-22;/h1-3,12-14H,4-11,15-19H2,(H,41,42)(H,43,44);. The van der Waals surface area contributed by atoms with E-state index in [2.05, 4.69) is 20.2 Å². The van der Waals surface area contributed by atoms with E-state index >= 15 is 0 Å². The van der Waals surface area contributed by atoms with Crippen molar-refractivity contribution in [3.05, 3.63) is 59.2 Å². The average molecular weight is 787 g/mol. The maximum atomic E-state index is 14.0. The normalized spacial score (nSPS) is 20.4. The van der Waals surface area contributed by atoms with Gasteiger partial charge in [-0.15, -0.1) is 5.10 Å². The molecule has 0 aliphatic carbocycles. The number of carbonyl (C=O) groups is 2. The van der Waals surface area contributed by atoms with Crippen LogP contribution in [0.25, 0.3) is 11.4 Å². The Labute approximate surface area is 286 Å². The van der Waals surface area contributed by atoms with Gasteiger partial charge in [-0.25, -0.2) is 9.67 Å². The summed E-state index contributed by atoms with van der Waals surface area (Å²) in [6.07, 6.45) is -3.11. The molecule has 1 saturated heterocycles. The number of aromatic nitrogens is 5. The Balaban J connectivity index is 0.00000461. The summed E-state index contributed by atoms with van der Waals surface area (Å²) in [5.74, 6) is -1.96. The number of halogens is 3. The Hall–Kier alpha value is -2.76. The second-order valence-electron chi connectivity index (χ2n) is 11.0. The summed E-state index contributed by atoms with van der Waals surface area (Å²) in [5, 5.41) is 27.2. The number of rotatable bonds is 4. The quantitative estimate of drug-likeness (QED) is 0.393. The fourth-order valence-electron chi connectivity index (χ4n) is 5.46. The van der Waals surface area contributed by atoms with Crippen molar-refractivity contribution < 1.29 is 69.8 Å². The molecular formula is C28H34F3N9O4Tm. The second-order valence-corrected chi connectivity index (χ2v) is 11.0. The minimum atomic E-state index is -4.62. The molecule has 0 saturated carbocycles. The predicted molar refractivity (Wildman–Crippen MR) is 150 cm³/mol. The fourth-order valence-corrected chi connectivity index (χ4v) is 5.46. The zero-order chi connectivity index (χ0) is 31.3. The van der Waals surface area contributed by atoms with Crippen LogP contribution in [0.1, 0.15) is 22.6 Å². The first kappa shape index (κ1) is 35.1. The topological polar surface area (TPSA) is 144 Å². The van der Waals surface area contributed by atoms with E-state index in [-0.39, 0.29) is 74.4 Å². The Morgan fingerprint density at radius 3 is 1.82 bits per heavy atom. The van der Waals surface area contributed by atoms with Gasteiger partial charge in [0, 0.05) is 102 Å². The molecule has 249 valence electrons. The maximum Gasteiger partial charge on any atom is 0.416 e. The van der Waals surface area contributed by atoms with Gasteiger partial charge in [-0.3, -0.25) is 34.2 Å². The van der Waals surface area contributed by atoms with E-state index in [1.165, 1.54) is 10.9 Å². The molecule has 6 heterocycles. The largest absolute Gasteiger partial charge is 0.480 e. The molecular weight excluding hydrogens is 752 g/mol. The van der Waals surface area contributed by atoms with Crippen LogP contribution in [0.2, 0.25) is 0 Å². The number of nitrogens with zero attached hydrogens (tertiary/aromatic N) is 9. The molecule has 0 unspecified atom stereocenters. The number of aliphatic carboxylic acids is 2. The number of carboxylic acid groups (broad SMARTS) is 2. The Kier molecular flexibility index (Phi) is 12.2. The Morgan fingerprint density at radius 2 is 1.29 bits per heavy atom. The molecule has 3 aliphatic heterocycles. The SMILES string of the molecule is O=C(O)CN1CCN2CCN(CC(=O)O)CCN(CC1)Cc1cccc(n1)-c1cnnn1Cc1cc(C(F)(F)F)cc(n1)C2.[Tm]. The van der Waals surface area contributed by atoms with Crippen molar-refractivity contribution in [3.63, 3.8) is 0 Å². The van der Waals surface area contributed by atoms with Crippen molar-refractivity contribution in [3.8, 4) is 11.4 Å². The molecule has 1 fully saturated rings. The summed E-state index contributed by atoms with van der Waals surface area (Å²) in [6.45, 7) is 3.24. The molecule has 3 aromatic rings. The van der Waals surface area contributed by atoms with Crippen LogP contribution in [-0.2, 0) is 35.4 Å². The van der Waals surface area contributed by atoms with Crippen LogP contribution in [0.3, 0.4) is 0 Å². The number of hydrogen-bond acceptors (Lipinski definition) is 10. The molecule has 1 radical (unpaired) electrons. The first-order chi connectivity index (χ1) is 21.0. The summed E-state index contributed by atoms with van der Waals surface area (Å²) in [4.78, 5) is 40.4. The van der Waals surface area contributed by atoms with Crippen molar-refractivity contribution in [1.82, 2.24) is 44.6 Å². The summed E-state index contributed by atoms with van der Waals surface area (Å²) in [6, 6.07) is 7.47. The summed E-state index contributed by atoms with van der Waals surface area (Å²) < 4.78 is 43.6. The Morgan fingerprint density at radius 1 is 0.756 bits per heavy atom. The van der Waals surface area contributed by atoms with Crippen LogP contribution in [0, 0.1) is 36.9 Å². The van der Waals surface area contributed by atoms with Crippen LogP contribution in [0.4, 0.5) is 13.2 Å². The fraction of sp³-hybridized carbons (Fsp3) is 0.500. The van der Waals surface area contributed by atoms with Crippen molar-refractivity contribution >= 4 is 11.9 Å². The minimum absolute atomic E-state index is 0. The van der Waals surface area contributed by atoms with Gasteiger partial charge in [-0.2, -0.15) is 13.2 Å². The third-order valence-corrected chi connectivity index (χ3v) is 7.68. The predicted octanol–water partition coefficient (Wildman–Crippen LogP) is 1.21. The number of carboxylic acids is 2. The number of fused-ring (bicyclic) bond motifs is 8. The van der Waals surface area contributed by atoms with E-state index in [0.717, 1.165) is 12.1 Å². The summed E-state index contributed by atoms with van der Waals surface area (Å²) in [5.41, 5.74) is 1.25. The van der Waals surface area contributed by atoms with E-state index < -0.39 is 23.7 Å². The molecule has 0 amide bonds. The maximum absolute atomic E-state index is 14.0. The molecule has 13 nitrogen and oxygen atoms in total. The van der Waals surface area contributed by atoms with Gasteiger partial charge in [-0.05, 0) is 24.3 Å². The van der Waals surface area contributed by atoms with Crippen LogP contribution in [0.5, 0.6) is 0 Å². The van der Waals surface area contributed by atoms with Crippen LogP contribution in [-0.4, -0.2) is 132 Å². The molecule has 45 heavy (non-hydrogen) atoms. The van der Waals surface area contributed by atoms with E-state index in [9.17, 15) is 33.0 Å². The molecule has 3 aliphatic rings. The van der Waals surface area contributed by atoms with Gasteiger partial charge < -0.3 is 10.2 Å². The van der Waals surface area contributed by atoms with Gasteiger partial charge in [0.05, 0.1) is 54.2 Å². The molecule has 0 spiro atoms. The van der Waals surface area contributed by atoms with Gasteiger partial charge in [0.25, 0.3) is 0 Å². The third kappa shape index (κ3) is 10.1. The van der Waals surface area contributed by atoms with Crippen LogP contribution in [0.15, 0.2) is 36.5 Å². The van der Waals surface area contributed by atoms with E-state index in [1.807, 2.05) is 17.0 Å². The molecule has 3 aromatic heterocycles. The van der Waals surface area contributed by atoms with Crippen molar-refractivity contribution in [2.75, 3.05) is 65.4 Å². The summed E-state index contributed by atoms with van der Waals surface area (Å²) >= 11 is 0. The Bertz CT molecular complexity index is 1440. The zero-order valence-corrected chi connectivity index (χ0v) is 26.1. The summed E-state index contributed by atoms with van der Waals surface area (Å²) in [7, 11) is 0. The van der Waals surface area contributed by atoms with Crippen LogP contribution >= 0.6 is 0 Å². The van der Waals surface area contributed by atoms with Crippen molar-refractivity contribution in [2.45, 2.75) is 25.8 Å². The smallest absolute Gasteiger partial charge is 0.416 e. The average Bonchev–Trinajstić information content (AvgIpc) is 3.41. The van der Waals surface area contributed by atoms with Gasteiger partial charge in [-0.1, -0.05) is 11.3 Å². The molecule has 0 atom stereocenters. The van der Waals surface area contributed by atoms with E-state index in [4.69, 9.17) is 4.98 Å². The van der Waals surface area contributed by atoms with Gasteiger partial charge in [0.1, 0.15) is 5.69 Å². The van der Waals surface area contributed by atoms with Crippen molar-refractivity contribution in [1.29, 1.82) is 0 Å². The third-order valence-electron chi connectivity index (χ3n) is 7.68. The van der Waals surface area contributed by atoms with Crippen molar-refractivity contribution in [2.24, 2.45) is 0 Å². The molecule has 2 N–H and O–H groups in total. The van der Waals surface area contributed by atoms with Crippen LogP contribution < -0.4 is 0 Å². The first-order valence-electron chi connectivity index (χ1n) is 14.3. The van der Waals surface area contributed by atoms with E-state index in [1.54, 1.807) is 15.9 Å². The first-order valence-corrected chi connectivity index (χ1v) is 14.3. The number of alkyl halides is 3. The second kappa shape index (κ2) is 15.7. The molecule has 6 rings (SSSR count). The number of pyridine rings is 2. The molecule has 6 bridgehead atoms. The minimum Gasteiger partial charge on any atom is -0.480 e. The molecule has 0 aromatic carbocycles.